The molecule has 1 aliphatic rings. The molecule has 10 heteroatoms. The molecule has 118 valence electrons. The Balaban J connectivity index is 0.00000220. The van der Waals surface area contributed by atoms with Gasteiger partial charge in [-0.15, -0.1) is 12.4 Å². The highest BCUT2D eigenvalue weighted by molar-refractivity contribution is 7.89. The van der Waals surface area contributed by atoms with Crippen LogP contribution in [0.5, 0.6) is 0 Å². The van der Waals surface area contributed by atoms with Crippen molar-refractivity contribution in [3.63, 3.8) is 0 Å². The topological polar surface area (TPSA) is 92.6 Å². The lowest BCUT2D eigenvalue weighted by molar-refractivity contribution is -0.390. The Morgan fingerprint density at radius 3 is 2.71 bits per heavy atom. The molecule has 1 saturated heterocycles. The van der Waals surface area contributed by atoms with Gasteiger partial charge in [0.05, 0.1) is 4.92 Å². The van der Waals surface area contributed by atoms with Crippen molar-refractivity contribution in [1.82, 2.24) is 9.62 Å². The molecule has 1 aromatic rings. The third kappa shape index (κ3) is 3.31. The number of rotatable bonds is 3. The molecular formula is C11H15ClFN3O4S. The molecule has 21 heavy (non-hydrogen) atoms. The van der Waals surface area contributed by atoms with E-state index in [4.69, 9.17) is 0 Å². The summed E-state index contributed by atoms with van der Waals surface area (Å²) in [5.41, 5.74) is -1.00. The summed E-state index contributed by atoms with van der Waals surface area (Å²) in [6.07, 6.45) is 0. The number of piperazine rings is 1. The Labute approximate surface area is 127 Å². The number of hydrogen-bond donors (Lipinski definition) is 1. The van der Waals surface area contributed by atoms with Crippen LogP contribution in [0.4, 0.5) is 10.1 Å². The molecule has 1 aliphatic heterocycles. The zero-order valence-electron chi connectivity index (χ0n) is 11.2. The molecule has 0 spiro atoms. The number of benzene rings is 1. The molecule has 0 amide bonds. The maximum Gasteiger partial charge on any atom is 0.324 e. The standard InChI is InChI=1S/C11H14FN3O4S.ClH/c1-8-7-13-5-6-14(8)20(18,19)10-4-2-3-9(12)11(10)15(16)17;/h2-4,8,13H,5-7H2,1H3;1H/t8-;/m1./s1. The van der Waals surface area contributed by atoms with Crippen LogP contribution in [0.25, 0.3) is 0 Å². The first-order valence-corrected chi connectivity index (χ1v) is 7.45. The monoisotopic (exact) mass is 339 g/mol. The normalized spacial score (nSPS) is 19.8. The lowest BCUT2D eigenvalue weighted by Crippen LogP contribution is -2.52. The first-order valence-electron chi connectivity index (χ1n) is 6.01. The molecular weight excluding hydrogens is 325 g/mol. The van der Waals surface area contributed by atoms with E-state index in [0.29, 0.717) is 13.1 Å². The van der Waals surface area contributed by atoms with Crippen molar-refractivity contribution in [3.05, 3.63) is 34.1 Å². The van der Waals surface area contributed by atoms with Gasteiger partial charge in [0.15, 0.2) is 4.90 Å². The number of nitro benzene ring substituents is 1. The Morgan fingerprint density at radius 2 is 2.14 bits per heavy atom. The summed E-state index contributed by atoms with van der Waals surface area (Å²) in [4.78, 5) is 9.32. The van der Waals surface area contributed by atoms with Crippen LogP contribution in [0.15, 0.2) is 23.1 Å². The SMILES string of the molecule is C[C@@H]1CNCCN1S(=O)(=O)c1cccc(F)c1[N+](=O)[O-].Cl. The molecule has 7 nitrogen and oxygen atoms in total. The molecule has 1 N–H and O–H groups in total. The highest BCUT2D eigenvalue weighted by Gasteiger charge is 2.37. The molecule has 2 rings (SSSR count). The molecule has 1 aromatic carbocycles. The number of para-hydroxylation sites is 1. The van der Waals surface area contributed by atoms with Crippen molar-refractivity contribution < 1.29 is 17.7 Å². The first-order chi connectivity index (χ1) is 9.35. The third-order valence-corrected chi connectivity index (χ3v) is 5.20. The van der Waals surface area contributed by atoms with Crippen LogP contribution in [-0.2, 0) is 10.0 Å². The van der Waals surface area contributed by atoms with Crippen LogP contribution in [-0.4, -0.2) is 43.3 Å². The van der Waals surface area contributed by atoms with Gasteiger partial charge in [-0.2, -0.15) is 8.70 Å². The van der Waals surface area contributed by atoms with Gasteiger partial charge in [-0.25, -0.2) is 8.42 Å². The van der Waals surface area contributed by atoms with E-state index in [0.717, 1.165) is 22.5 Å². The van der Waals surface area contributed by atoms with Crippen molar-refractivity contribution in [3.8, 4) is 0 Å². The average Bonchev–Trinajstić information content (AvgIpc) is 2.38. The van der Waals surface area contributed by atoms with Gasteiger partial charge in [0.25, 0.3) is 0 Å². The summed E-state index contributed by atoms with van der Waals surface area (Å²) in [7, 11) is -4.10. The van der Waals surface area contributed by atoms with E-state index in [1.165, 1.54) is 0 Å². The molecule has 1 atom stereocenters. The number of nitro groups is 1. The van der Waals surface area contributed by atoms with E-state index in [1.807, 2.05) is 0 Å². The minimum Gasteiger partial charge on any atom is -0.314 e. The number of hydrogen-bond acceptors (Lipinski definition) is 5. The fourth-order valence-electron chi connectivity index (χ4n) is 2.19. The van der Waals surface area contributed by atoms with Crippen molar-refractivity contribution in [2.24, 2.45) is 0 Å². The predicted octanol–water partition coefficient (Wildman–Crippen LogP) is 1.14. The summed E-state index contributed by atoms with van der Waals surface area (Å²) in [6, 6.07) is 2.74. The number of sulfonamides is 1. The van der Waals surface area contributed by atoms with E-state index >= 15 is 0 Å². The van der Waals surface area contributed by atoms with Crippen LogP contribution in [0.1, 0.15) is 6.92 Å². The lowest BCUT2D eigenvalue weighted by Gasteiger charge is -2.32. The largest absolute Gasteiger partial charge is 0.324 e. The van der Waals surface area contributed by atoms with Gasteiger partial charge in [-0.05, 0) is 19.1 Å². The molecule has 0 radical (unpaired) electrons. The Hall–Kier alpha value is -1.29. The van der Waals surface area contributed by atoms with Gasteiger partial charge in [0.2, 0.25) is 15.8 Å². The maximum atomic E-state index is 13.6. The third-order valence-electron chi connectivity index (χ3n) is 3.16. The van der Waals surface area contributed by atoms with Gasteiger partial charge in [0.1, 0.15) is 0 Å². The minimum atomic E-state index is -4.10. The second-order valence-electron chi connectivity index (χ2n) is 4.51. The Kier molecular flexibility index (Phi) is 5.62. The Bertz CT molecular complexity index is 640. The average molecular weight is 340 g/mol. The number of halogens is 2. The van der Waals surface area contributed by atoms with Crippen LogP contribution in [0.3, 0.4) is 0 Å². The van der Waals surface area contributed by atoms with Crippen molar-refractivity contribution >= 4 is 28.1 Å². The van der Waals surface area contributed by atoms with Crippen molar-refractivity contribution in [2.45, 2.75) is 17.9 Å². The van der Waals surface area contributed by atoms with Crippen LogP contribution < -0.4 is 5.32 Å². The van der Waals surface area contributed by atoms with Crippen LogP contribution in [0, 0.1) is 15.9 Å². The smallest absolute Gasteiger partial charge is 0.314 e. The van der Waals surface area contributed by atoms with Gasteiger partial charge in [-0.3, -0.25) is 10.1 Å². The Morgan fingerprint density at radius 1 is 1.48 bits per heavy atom. The zero-order valence-corrected chi connectivity index (χ0v) is 12.8. The van der Waals surface area contributed by atoms with E-state index < -0.39 is 31.3 Å². The van der Waals surface area contributed by atoms with Gasteiger partial charge < -0.3 is 5.32 Å². The molecule has 1 heterocycles. The molecule has 0 aliphatic carbocycles. The summed E-state index contributed by atoms with van der Waals surface area (Å²) in [5.74, 6) is -1.15. The molecule has 0 unspecified atom stereocenters. The highest BCUT2D eigenvalue weighted by Crippen LogP contribution is 2.30. The van der Waals surface area contributed by atoms with E-state index in [2.05, 4.69) is 5.32 Å². The summed E-state index contributed by atoms with van der Waals surface area (Å²) in [5, 5.41) is 13.9. The summed E-state index contributed by atoms with van der Waals surface area (Å²) in [6.45, 7) is 2.78. The van der Waals surface area contributed by atoms with E-state index in [-0.39, 0.29) is 25.0 Å². The second-order valence-corrected chi connectivity index (χ2v) is 6.37. The number of nitrogens with zero attached hydrogens (tertiary/aromatic N) is 2. The second kappa shape index (κ2) is 6.65. The van der Waals surface area contributed by atoms with Gasteiger partial charge in [0, 0.05) is 25.7 Å². The summed E-state index contributed by atoms with van der Waals surface area (Å²) < 4.78 is 39.7. The predicted molar refractivity (Wildman–Crippen MR) is 76.5 cm³/mol. The zero-order chi connectivity index (χ0) is 14.9. The van der Waals surface area contributed by atoms with Crippen LogP contribution >= 0.6 is 12.4 Å². The fourth-order valence-corrected chi connectivity index (χ4v) is 3.99. The molecule has 0 saturated carbocycles. The van der Waals surface area contributed by atoms with Crippen molar-refractivity contribution in [1.29, 1.82) is 0 Å². The molecule has 0 aromatic heterocycles. The fraction of sp³-hybridized carbons (Fsp3) is 0.455. The van der Waals surface area contributed by atoms with Crippen molar-refractivity contribution in [2.75, 3.05) is 19.6 Å². The maximum absolute atomic E-state index is 13.6. The quantitative estimate of drug-likeness (QED) is 0.658. The molecule has 0 bridgehead atoms. The molecule has 1 fully saturated rings. The first kappa shape index (κ1) is 17.8. The minimum absolute atomic E-state index is 0. The number of nitrogens with one attached hydrogen (secondary N) is 1. The van der Waals surface area contributed by atoms with Crippen LogP contribution in [0.2, 0.25) is 0 Å². The van der Waals surface area contributed by atoms with E-state index in [9.17, 15) is 22.9 Å². The van der Waals surface area contributed by atoms with E-state index in [1.54, 1.807) is 6.92 Å². The van der Waals surface area contributed by atoms with Gasteiger partial charge >= 0.3 is 5.69 Å². The summed E-state index contributed by atoms with van der Waals surface area (Å²) >= 11 is 0. The highest BCUT2D eigenvalue weighted by atomic mass is 35.5. The lowest BCUT2D eigenvalue weighted by atomic mass is 10.3. The van der Waals surface area contributed by atoms with Gasteiger partial charge in [-0.1, -0.05) is 6.07 Å².